The quantitative estimate of drug-likeness (QED) is 0.652. The van der Waals surface area contributed by atoms with E-state index in [-0.39, 0.29) is 12.1 Å². The third kappa shape index (κ3) is 3.76. The van der Waals surface area contributed by atoms with Crippen LogP contribution in [-0.2, 0) is 4.74 Å². The predicted octanol–water partition coefficient (Wildman–Crippen LogP) is 3.61. The maximum atomic E-state index is 12.3. The molecule has 1 atom stereocenters. The summed E-state index contributed by atoms with van der Waals surface area (Å²) in [4.78, 5) is 14.1. The maximum absolute atomic E-state index is 12.3. The first-order valence-electron chi connectivity index (χ1n) is 7.82. The van der Waals surface area contributed by atoms with Crippen LogP contribution in [0.2, 0.25) is 0 Å². The van der Waals surface area contributed by atoms with Crippen LogP contribution in [0.25, 0.3) is 11.0 Å². The summed E-state index contributed by atoms with van der Waals surface area (Å²) in [5.74, 6) is 0. The number of likely N-dealkylation sites (tertiary alicyclic amines) is 1. The highest BCUT2D eigenvalue weighted by molar-refractivity contribution is 14.1. The van der Waals surface area contributed by atoms with Gasteiger partial charge in [0.25, 0.3) is 0 Å². The number of hydrogen-bond donors (Lipinski definition) is 0. The lowest BCUT2D eigenvalue weighted by molar-refractivity contribution is 0.0168. The number of amides is 1. The van der Waals surface area contributed by atoms with Crippen molar-refractivity contribution in [3.63, 3.8) is 0 Å². The Morgan fingerprint density at radius 2 is 2.17 bits per heavy atom. The number of rotatable bonds is 1. The number of piperidine rings is 1. The summed E-state index contributed by atoms with van der Waals surface area (Å²) in [6, 6.07) is 6.23. The first-order valence-corrected chi connectivity index (χ1v) is 8.90. The predicted molar refractivity (Wildman–Crippen MR) is 96.3 cm³/mol. The minimum absolute atomic E-state index is 0.138. The van der Waals surface area contributed by atoms with Crippen LogP contribution in [0.3, 0.4) is 0 Å². The smallest absolute Gasteiger partial charge is 0.410 e. The van der Waals surface area contributed by atoms with Crippen molar-refractivity contribution < 1.29 is 9.53 Å². The molecule has 1 unspecified atom stereocenters. The molecule has 1 aromatic carbocycles. The molecule has 1 aliphatic rings. The minimum atomic E-state index is -0.472. The normalized spacial score (nSPS) is 19.1. The van der Waals surface area contributed by atoms with Crippen molar-refractivity contribution in [2.45, 2.75) is 45.3 Å². The Hall–Kier alpha value is -1.38. The van der Waals surface area contributed by atoms with Crippen molar-refractivity contribution in [2.75, 3.05) is 13.1 Å². The zero-order chi connectivity index (χ0) is 16.6. The number of halogens is 1. The fourth-order valence-corrected chi connectivity index (χ4v) is 3.30. The van der Waals surface area contributed by atoms with Crippen molar-refractivity contribution in [2.24, 2.45) is 0 Å². The van der Waals surface area contributed by atoms with Gasteiger partial charge in [-0.15, -0.1) is 5.10 Å². The number of hydrogen-bond acceptors (Lipinski definition) is 4. The molecule has 7 heteroatoms. The molecule has 1 aliphatic heterocycles. The summed E-state index contributed by atoms with van der Waals surface area (Å²) in [5, 5.41) is 8.55. The Morgan fingerprint density at radius 1 is 1.39 bits per heavy atom. The van der Waals surface area contributed by atoms with E-state index in [1.165, 1.54) is 0 Å². The monoisotopic (exact) mass is 428 g/mol. The molecule has 0 aliphatic carbocycles. The SMILES string of the molecule is CC(C)(C)OC(=O)N1CCCC(n2nnc3ccc(I)cc32)C1. The molecule has 1 amide bonds. The van der Waals surface area contributed by atoms with Gasteiger partial charge < -0.3 is 9.64 Å². The zero-order valence-corrected chi connectivity index (χ0v) is 15.8. The summed E-state index contributed by atoms with van der Waals surface area (Å²) in [5.41, 5.74) is 1.44. The van der Waals surface area contributed by atoms with E-state index in [2.05, 4.69) is 39.0 Å². The second-order valence-corrected chi connectivity index (χ2v) is 8.14. The first kappa shape index (κ1) is 16.5. The standard InChI is InChI=1S/C16H21IN4O2/c1-16(2,3)23-15(22)20-8-4-5-12(10-20)21-14-9-11(17)6-7-13(14)18-19-21/h6-7,9,12H,4-5,8,10H2,1-3H3. The van der Waals surface area contributed by atoms with Gasteiger partial charge in [0.2, 0.25) is 0 Å². The van der Waals surface area contributed by atoms with E-state index in [0.29, 0.717) is 6.54 Å². The van der Waals surface area contributed by atoms with Gasteiger partial charge in [0.15, 0.2) is 0 Å². The topological polar surface area (TPSA) is 60.2 Å². The fourth-order valence-electron chi connectivity index (χ4n) is 2.83. The van der Waals surface area contributed by atoms with Gasteiger partial charge in [-0.05, 0) is 74.4 Å². The van der Waals surface area contributed by atoms with E-state index >= 15 is 0 Å². The molecular weight excluding hydrogens is 407 g/mol. The highest BCUT2D eigenvalue weighted by atomic mass is 127. The molecule has 23 heavy (non-hydrogen) atoms. The number of fused-ring (bicyclic) bond motifs is 1. The van der Waals surface area contributed by atoms with Crippen LogP contribution in [0.15, 0.2) is 18.2 Å². The second kappa shape index (κ2) is 6.26. The van der Waals surface area contributed by atoms with Gasteiger partial charge in [-0.25, -0.2) is 9.48 Å². The molecule has 0 bridgehead atoms. The van der Waals surface area contributed by atoms with Crippen molar-refractivity contribution in [3.05, 3.63) is 21.8 Å². The van der Waals surface area contributed by atoms with Gasteiger partial charge in [-0.1, -0.05) is 5.21 Å². The lowest BCUT2D eigenvalue weighted by Crippen LogP contribution is -2.43. The average Bonchev–Trinajstić information content (AvgIpc) is 2.88. The van der Waals surface area contributed by atoms with Gasteiger partial charge in [0, 0.05) is 16.7 Å². The van der Waals surface area contributed by atoms with Gasteiger partial charge in [-0.3, -0.25) is 0 Å². The Morgan fingerprint density at radius 3 is 2.91 bits per heavy atom. The van der Waals surface area contributed by atoms with E-state index in [9.17, 15) is 4.79 Å². The fraction of sp³-hybridized carbons (Fsp3) is 0.562. The Bertz CT molecular complexity index is 722. The third-order valence-corrected chi connectivity index (χ3v) is 4.50. The minimum Gasteiger partial charge on any atom is -0.444 e. The lowest BCUT2D eigenvalue weighted by atomic mass is 10.1. The molecule has 0 spiro atoms. The molecule has 2 heterocycles. The van der Waals surface area contributed by atoms with Crippen LogP contribution in [0.4, 0.5) is 4.79 Å². The molecule has 1 fully saturated rings. The van der Waals surface area contributed by atoms with Crippen molar-refractivity contribution in [1.29, 1.82) is 0 Å². The highest BCUT2D eigenvalue weighted by Crippen LogP contribution is 2.26. The number of ether oxygens (including phenoxy) is 1. The van der Waals surface area contributed by atoms with E-state index in [1.54, 1.807) is 4.90 Å². The second-order valence-electron chi connectivity index (χ2n) is 6.89. The van der Waals surface area contributed by atoms with E-state index in [0.717, 1.165) is 34.0 Å². The van der Waals surface area contributed by atoms with Crippen molar-refractivity contribution >= 4 is 39.7 Å². The summed E-state index contributed by atoms with van der Waals surface area (Å²) in [7, 11) is 0. The summed E-state index contributed by atoms with van der Waals surface area (Å²) in [6.07, 6.45) is 1.68. The van der Waals surface area contributed by atoms with Gasteiger partial charge in [-0.2, -0.15) is 0 Å². The third-order valence-electron chi connectivity index (χ3n) is 3.83. The van der Waals surface area contributed by atoms with Crippen LogP contribution in [-0.4, -0.2) is 44.7 Å². The first-order chi connectivity index (χ1) is 10.8. The van der Waals surface area contributed by atoms with Gasteiger partial charge in [0.05, 0.1) is 11.6 Å². The summed E-state index contributed by atoms with van der Waals surface area (Å²) < 4.78 is 8.59. The molecule has 0 N–H and O–H groups in total. The van der Waals surface area contributed by atoms with Crippen LogP contribution in [0.5, 0.6) is 0 Å². The molecule has 1 aromatic heterocycles. The molecule has 2 aromatic rings. The van der Waals surface area contributed by atoms with Crippen LogP contribution >= 0.6 is 22.6 Å². The molecule has 3 rings (SSSR count). The van der Waals surface area contributed by atoms with E-state index in [4.69, 9.17) is 4.74 Å². The molecule has 124 valence electrons. The molecule has 0 radical (unpaired) electrons. The lowest BCUT2D eigenvalue weighted by Gasteiger charge is -2.34. The van der Waals surface area contributed by atoms with E-state index < -0.39 is 5.60 Å². The molecule has 1 saturated heterocycles. The Kier molecular flexibility index (Phi) is 4.48. The summed E-state index contributed by atoms with van der Waals surface area (Å²) in [6.45, 7) is 7.01. The number of nitrogens with zero attached hydrogens (tertiary/aromatic N) is 4. The molecular formula is C16H21IN4O2. The maximum Gasteiger partial charge on any atom is 0.410 e. The molecule has 0 saturated carbocycles. The van der Waals surface area contributed by atoms with Gasteiger partial charge >= 0.3 is 6.09 Å². The number of aromatic nitrogens is 3. The summed E-state index contributed by atoms with van der Waals surface area (Å²) >= 11 is 2.29. The Balaban J connectivity index is 1.80. The highest BCUT2D eigenvalue weighted by Gasteiger charge is 2.29. The van der Waals surface area contributed by atoms with Crippen LogP contribution in [0, 0.1) is 3.57 Å². The molecule has 6 nitrogen and oxygen atoms in total. The van der Waals surface area contributed by atoms with Gasteiger partial charge in [0.1, 0.15) is 11.1 Å². The number of carbonyl (C=O) groups excluding carboxylic acids is 1. The average molecular weight is 428 g/mol. The van der Waals surface area contributed by atoms with Crippen molar-refractivity contribution in [1.82, 2.24) is 19.9 Å². The van der Waals surface area contributed by atoms with Crippen LogP contribution < -0.4 is 0 Å². The zero-order valence-electron chi connectivity index (χ0n) is 13.6. The van der Waals surface area contributed by atoms with Crippen molar-refractivity contribution in [3.8, 4) is 0 Å². The van der Waals surface area contributed by atoms with E-state index in [1.807, 2.05) is 37.6 Å². The van der Waals surface area contributed by atoms with Crippen LogP contribution in [0.1, 0.15) is 39.7 Å². The largest absolute Gasteiger partial charge is 0.444 e. The number of carbonyl (C=O) groups is 1. The Labute approximate surface area is 149 Å². The number of benzene rings is 1.